The molecule has 0 bridgehead atoms. The van der Waals surface area contributed by atoms with Gasteiger partial charge in [-0.25, -0.2) is 0 Å². The molecule has 0 saturated carbocycles. The summed E-state index contributed by atoms with van der Waals surface area (Å²) in [6.07, 6.45) is 4.69. The SMILES string of the molecule is Br.OC1c2ccccc2CC1N1CCCCC1. The standard InChI is InChI=1S/C14H19NO.BrH/c16-14-12-7-3-2-6-11(12)10-13(14)15-8-4-1-5-9-15;/h2-3,6-7,13-14,16H,1,4-5,8-10H2;1H. The number of piperidine rings is 1. The second-order valence-corrected chi connectivity index (χ2v) is 5.01. The van der Waals surface area contributed by atoms with Crippen LogP contribution in [0.4, 0.5) is 0 Å². The van der Waals surface area contributed by atoms with E-state index in [0.717, 1.165) is 25.1 Å². The summed E-state index contributed by atoms with van der Waals surface area (Å²) in [5, 5.41) is 10.4. The van der Waals surface area contributed by atoms with E-state index in [9.17, 15) is 5.11 Å². The van der Waals surface area contributed by atoms with Crippen molar-refractivity contribution < 1.29 is 5.11 Å². The minimum atomic E-state index is -0.269. The highest BCUT2D eigenvalue weighted by molar-refractivity contribution is 8.93. The maximum absolute atomic E-state index is 10.4. The third-order valence-electron chi connectivity index (χ3n) is 4.03. The Balaban J connectivity index is 0.00000108. The average molecular weight is 298 g/mol. The molecule has 2 unspecified atom stereocenters. The maximum atomic E-state index is 10.4. The molecule has 1 aliphatic carbocycles. The monoisotopic (exact) mass is 297 g/mol. The molecule has 2 nitrogen and oxygen atoms in total. The van der Waals surface area contributed by atoms with Crippen LogP contribution in [0, 0.1) is 0 Å². The van der Waals surface area contributed by atoms with Crippen LogP contribution < -0.4 is 0 Å². The first kappa shape index (κ1) is 13.1. The molecule has 94 valence electrons. The molecule has 1 aliphatic heterocycles. The lowest BCUT2D eigenvalue weighted by molar-refractivity contribution is 0.0494. The number of aliphatic hydroxyl groups excluding tert-OH is 1. The van der Waals surface area contributed by atoms with Crippen LogP contribution in [-0.2, 0) is 6.42 Å². The van der Waals surface area contributed by atoms with Gasteiger partial charge in [-0.3, -0.25) is 4.90 Å². The van der Waals surface area contributed by atoms with Crippen molar-refractivity contribution in [2.75, 3.05) is 13.1 Å². The van der Waals surface area contributed by atoms with Gasteiger partial charge in [0.2, 0.25) is 0 Å². The molecule has 1 saturated heterocycles. The molecule has 17 heavy (non-hydrogen) atoms. The largest absolute Gasteiger partial charge is 0.387 e. The predicted molar refractivity (Wildman–Crippen MR) is 74.6 cm³/mol. The van der Waals surface area contributed by atoms with Crippen molar-refractivity contribution in [1.82, 2.24) is 4.90 Å². The number of hydrogen-bond donors (Lipinski definition) is 1. The van der Waals surface area contributed by atoms with E-state index in [0.29, 0.717) is 6.04 Å². The lowest BCUT2D eigenvalue weighted by Crippen LogP contribution is -2.41. The summed E-state index contributed by atoms with van der Waals surface area (Å²) in [7, 11) is 0. The number of nitrogens with zero attached hydrogens (tertiary/aromatic N) is 1. The van der Waals surface area contributed by atoms with Gasteiger partial charge >= 0.3 is 0 Å². The van der Waals surface area contributed by atoms with Crippen LogP contribution in [0.1, 0.15) is 36.5 Å². The molecule has 0 spiro atoms. The van der Waals surface area contributed by atoms with E-state index in [1.807, 2.05) is 6.07 Å². The molecule has 2 aliphatic rings. The van der Waals surface area contributed by atoms with Gasteiger partial charge in [0.25, 0.3) is 0 Å². The first-order valence-corrected chi connectivity index (χ1v) is 6.36. The van der Waals surface area contributed by atoms with E-state index >= 15 is 0 Å². The molecule has 1 aromatic rings. The number of fused-ring (bicyclic) bond motifs is 1. The van der Waals surface area contributed by atoms with Crippen molar-refractivity contribution in [2.24, 2.45) is 0 Å². The smallest absolute Gasteiger partial charge is 0.0951 e. The predicted octanol–water partition coefficient (Wildman–Crippen LogP) is 2.71. The highest BCUT2D eigenvalue weighted by Gasteiger charge is 2.34. The van der Waals surface area contributed by atoms with E-state index < -0.39 is 0 Å². The highest BCUT2D eigenvalue weighted by Crippen LogP contribution is 2.35. The third-order valence-corrected chi connectivity index (χ3v) is 4.03. The van der Waals surface area contributed by atoms with Crippen LogP contribution in [0.2, 0.25) is 0 Å². The van der Waals surface area contributed by atoms with Crippen molar-refractivity contribution >= 4 is 17.0 Å². The van der Waals surface area contributed by atoms with Crippen molar-refractivity contribution in [2.45, 2.75) is 37.8 Å². The zero-order valence-corrected chi connectivity index (χ0v) is 11.7. The fourth-order valence-electron chi connectivity index (χ4n) is 3.13. The molecule has 1 aromatic carbocycles. The number of hydrogen-bond acceptors (Lipinski definition) is 2. The highest BCUT2D eigenvalue weighted by atomic mass is 79.9. The number of rotatable bonds is 1. The minimum Gasteiger partial charge on any atom is -0.387 e. The maximum Gasteiger partial charge on any atom is 0.0951 e. The first-order valence-electron chi connectivity index (χ1n) is 6.36. The van der Waals surface area contributed by atoms with Crippen molar-refractivity contribution in [3.63, 3.8) is 0 Å². The zero-order valence-electron chi connectivity index (χ0n) is 10.0. The van der Waals surface area contributed by atoms with Gasteiger partial charge in [0.1, 0.15) is 0 Å². The summed E-state index contributed by atoms with van der Waals surface area (Å²) < 4.78 is 0. The van der Waals surface area contributed by atoms with Crippen LogP contribution in [0.3, 0.4) is 0 Å². The van der Waals surface area contributed by atoms with Crippen LogP contribution in [0.15, 0.2) is 24.3 Å². The Morgan fingerprint density at radius 2 is 1.76 bits per heavy atom. The number of halogens is 1. The summed E-state index contributed by atoms with van der Waals surface area (Å²) >= 11 is 0. The summed E-state index contributed by atoms with van der Waals surface area (Å²) in [4.78, 5) is 2.48. The lowest BCUT2D eigenvalue weighted by Gasteiger charge is -2.34. The summed E-state index contributed by atoms with van der Waals surface area (Å²) in [5.74, 6) is 0. The summed E-state index contributed by atoms with van der Waals surface area (Å²) in [6, 6.07) is 8.66. The van der Waals surface area contributed by atoms with Gasteiger partial charge in [0.05, 0.1) is 6.10 Å². The molecular formula is C14H20BrNO. The van der Waals surface area contributed by atoms with Crippen molar-refractivity contribution in [1.29, 1.82) is 0 Å². The van der Waals surface area contributed by atoms with E-state index in [1.165, 1.54) is 24.8 Å². The van der Waals surface area contributed by atoms with Crippen molar-refractivity contribution in [3.8, 4) is 0 Å². The second kappa shape index (κ2) is 5.51. The summed E-state index contributed by atoms with van der Waals surface area (Å²) in [5.41, 5.74) is 2.49. The molecule has 0 aromatic heterocycles. The lowest BCUT2D eigenvalue weighted by atomic mass is 10.0. The van der Waals surface area contributed by atoms with Crippen LogP contribution >= 0.6 is 17.0 Å². The molecule has 0 amide bonds. The zero-order chi connectivity index (χ0) is 11.0. The third kappa shape index (κ3) is 2.42. The van der Waals surface area contributed by atoms with Crippen LogP contribution in [-0.4, -0.2) is 29.1 Å². The molecule has 3 heteroatoms. The topological polar surface area (TPSA) is 23.5 Å². The molecule has 3 rings (SSSR count). The average Bonchev–Trinajstić information content (AvgIpc) is 2.69. The number of likely N-dealkylation sites (tertiary alicyclic amines) is 1. The Morgan fingerprint density at radius 3 is 2.47 bits per heavy atom. The van der Waals surface area contributed by atoms with E-state index in [4.69, 9.17) is 0 Å². The van der Waals surface area contributed by atoms with Gasteiger partial charge < -0.3 is 5.11 Å². The normalized spacial score (nSPS) is 28.5. The Kier molecular flexibility index (Phi) is 4.23. The molecule has 0 radical (unpaired) electrons. The van der Waals surface area contributed by atoms with Crippen LogP contribution in [0.25, 0.3) is 0 Å². The first-order chi connectivity index (χ1) is 7.86. The molecule has 1 fully saturated rings. The second-order valence-electron chi connectivity index (χ2n) is 5.01. The quantitative estimate of drug-likeness (QED) is 0.862. The van der Waals surface area contributed by atoms with Crippen molar-refractivity contribution in [3.05, 3.63) is 35.4 Å². The van der Waals surface area contributed by atoms with Crippen LogP contribution in [0.5, 0.6) is 0 Å². The number of benzene rings is 1. The van der Waals surface area contributed by atoms with Gasteiger partial charge in [-0.05, 0) is 43.5 Å². The van der Waals surface area contributed by atoms with E-state index in [-0.39, 0.29) is 23.1 Å². The Morgan fingerprint density at radius 1 is 1.06 bits per heavy atom. The molecule has 1 heterocycles. The van der Waals surface area contributed by atoms with Gasteiger partial charge in [0.15, 0.2) is 0 Å². The molecular weight excluding hydrogens is 278 g/mol. The number of aliphatic hydroxyl groups is 1. The Bertz CT molecular complexity index is 376. The Hall–Kier alpha value is -0.380. The molecule has 2 atom stereocenters. The van der Waals surface area contributed by atoms with Gasteiger partial charge in [0, 0.05) is 6.04 Å². The van der Waals surface area contributed by atoms with Gasteiger partial charge in [-0.1, -0.05) is 30.7 Å². The van der Waals surface area contributed by atoms with E-state index in [1.54, 1.807) is 0 Å². The Labute approximate surface area is 113 Å². The summed E-state index contributed by atoms with van der Waals surface area (Å²) in [6.45, 7) is 2.32. The molecule has 1 N–H and O–H groups in total. The van der Waals surface area contributed by atoms with E-state index in [2.05, 4.69) is 23.1 Å². The fourth-order valence-corrected chi connectivity index (χ4v) is 3.13. The minimum absolute atomic E-state index is 0. The fraction of sp³-hybridized carbons (Fsp3) is 0.571. The van der Waals surface area contributed by atoms with Gasteiger partial charge in [-0.15, -0.1) is 17.0 Å². The van der Waals surface area contributed by atoms with Gasteiger partial charge in [-0.2, -0.15) is 0 Å².